The maximum Gasteiger partial charge on any atom is 0.472 e. The van der Waals surface area contributed by atoms with E-state index in [-0.39, 0.29) is 19.8 Å². The van der Waals surface area contributed by atoms with Gasteiger partial charge in [-0.25, -0.2) is 4.57 Å². The highest BCUT2D eigenvalue weighted by atomic mass is 31.2. The van der Waals surface area contributed by atoms with E-state index in [9.17, 15) is 9.46 Å². The molecule has 0 amide bonds. The van der Waals surface area contributed by atoms with E-state index in [1.165, 1.54) is 77.0 Å². The molecule has 1 N–H and O–H groups in total. The number of unbranched alkanes of at least 4 members (excludes halogenated alkanes) is 13. The molecule has 0 spiro atoms. The molecule has 8 heteroatoms. The number of phosphoric acid groups is 1. The lowest BCUT2D eigenvalue weighted by Crippen LogP contribution is -2.37. The minimum Gasteiger partial charge on any atom is -0.374 e. The molecule has 228 valence electrons. The van der Waals surface area contributed by atoms with E-state index in [4.69, 9.17) is 18.5 Å². The molecule has 39 heavy (non-hydrogen) atoms. The first kappa shape index (κ1) is 36.2. The molecule has 0 heterocycles. The molecule has 0 aliphatic carbocycles. The molecule has 0 radical (unpaired) electrons. The molecular weight excluding hydrogens is 513 g/mol. The summed E-state index contributed by atoms with van der Waals surface area (Å²) in [6.45, 7) is 4.29. The standard InChI is InChI=1S/C31H58NO6P/c1-5-6-7-8-9-10-11-12-13-14-15-16-17-21-25-36-31(28-35-27-30-22-19-18-20-23-30)29-38-39(33,34)37-26-24-32(2,3)4/h18-20,22-23,31H,5-17,21,24-29H2,1-4H3/p+1/t31-/m1/s1. The van der Waals surface area contributed by atoms with Gasteiger partial charge in [-0.15, -0.1) is 0 Å². The molecule has 0 aromatic heterocycles. The van der Waals surface area contributed by atoms with E-state index in [0.717, 1.165) is 18.4 Å². The molecule has 0 aliphatic rings. The third-order valence-corrected chi connectivity index (χ3v) is 7.69. The maximum atomic E-state index is 12.3. The predicted octanol–water partition coefficient (Wildman–Crippen LogP) is 7.91. The Morgan fingerprint density at radius 1 is 0.744 bits per heavy atom. The van der Waals surface area contributed by atoms with E-state index in [1.54, 1.807) is 0 Å². The van der Waals surface area contributed by atoms with E-state index in [0.29, 0.717) is 24.2 Å². The van der Waals surface area contributed by atoms with Gasteiger partial charge in [-0.3, -0.25) is 9.05 Å². The third-order valence-electron chi connectivity index (χ3n) is 6.71. The van der Waals surface area contributed by atoms with Crippen molar-refractivity contribution in [2.75, 3.05) is 54.1 Å². The van der Waals surface area contributed by atoms with E-state index < -0.39 is 13.9 Å². The summed E-state index contributed by atoms with van der Waals surface area (Å²) in [5, 5.41) is 0. The van der Waals surface area contributed by atoms with Crippen molar-refractivity contribution in [2.24, 2.45) is 0 Å². The van der Waals surface area contributed by atoms with Gasteiger partial charge in [0, 0.05) is 6.61 Å². The molecule has 0 saturated heterocycles. The fraction of sp³-hybridized carbons (Fsp3) is 0.806. The largest absolute Gasteiger partial charge is 0.472 e. The van der Waals surface area contributed by atoms with Crippen LogP contribution in [0, 0.1) is 0 Å². The topological polar surface area (TPSA) is 74.2 Å². The lowest BCUT2D eigenvalue weighted by molar-refractivity contribution is -0.870. The Labute approximate surface area is 239 Å². The van der Waals surface area contributed by atoms with Gasteiger partial charge in [-0.05, 0) is 12.0 Å². The fourth-order valence-corrected chi connectivity index (χ4v) is 4.96. The number of likely N-dealkylation sites (N-methyl/N-ethyl adjacent to an activating group) is 1. The first-order valence-electron chi connectivity index (χ1n) is 15.4. The summed E-state index contributed by atoms with van der Waals surface area (Å²) in [7, 11) is 1.85. The third kappa shape index (κ3) is 23.6. The normalized spacial score (nSPS) is 14.4. The molecule has 0 fully saturated rings. The number of hydrogen-bond donors (Lipinski definition) is 1. The van der Waals surface area contributed by atoms with E-state index >= 15 is 0 Å². The van der Waals surface area contributed by atoms with Crippen molar-refractivity contribution < 1.29 is 32.5 Å². The van der Waals surface area contributed by atoms with Gasteiger partial charge in [0.1, 0.15) is 19.3 Å². The lowest BCUT2D eigenvalue weighted by Gasteiger charge is -2.24. The summed E-state index contributed by atoms with van der Waals surface area (Å²) in [6, 6.07) is 9.92. The molecular formula is C31H59NO6P+. The van der Waals surface area contributed by atoms with E-state index in [1.807, 2.05) is 51.5 Å². The van der Waals surface area contributed by atoms with Gasteiger partial charge >= 0.3 is 7.82 Å². The smallest absolute Gasteiger partial charge is 0.374 e. The number of hydrogen-bond acceptors (Lipinski definition) is 5. The SMILES string of the molecule is CCCCCCCCCCCCCCCCO[C@H](COCc1ccccc1)COP(=O)(O)OCC[N+](C)(C)C. The Kier molecular flexibility index (Phi) is 21.2. The number of nitrogens with zero attached hydrogens (tertiary/aromatic N) is 1. The van der Waals surface area contributed by atoms with Gasteiger partial charge in [0.05, 0.1) is 41.0 Å². The molecule has 7 nitrogen and oxygen atoms in total. The van der Waals surface area contributed by atoms with Gasteiger partial charge in [0.15, 0.2) is 0 Å². The van der Waals surface area contributed by atoms with Crippen LogP contribution in [-0.4, -0.2) is 69.6 Å². The Morgan fingerprint density at radius 2 is 1.28 bits per heavy atom. The van der Waals surface area contributed by atoms with Crippen molar-refractivity contribution in [3.05, 3.63) is 35.9 Å². The van der Waals surface area contributed by atoms with Crippen molar-refractivity contribution in [1.29, 1.82) is 0 Å². The second-order valence-corrected chi connectivity index (χ2v) is 13.2. The van der Waals surface area contributed by atoms with Crippen LogP contribution in [0.3, 0.4) is 0 Å². The average molecular weight is 573 g/mol. The Morgan fingerprint density at radius 3 is 1.82 bits per heavy atom. The number of phosphoric ester groups is 1. The zero-order chi connectivity index (χ0) is 28.7. The minimum absolute atomic E-state index is 0.0501. The average Bonchev–Trinajstić information content (AvgIpc) is 2.89. The summed E-state index contributed by atoms with van der Waals surface area (Å²) in [5.74, 6) is 0. The quantitative estimate of drug-likeness (QED) is 0.0656. The van der Waals surface area contributed by atoms with E-state index in [2.05, 4.69) is 6.92 Å². The molecule has 1 aromatic carbocycles. The molecule has 0 bridgehead atoms. The lowest BCUT2D eigenvalue weighted by atomic mass is 10.0. The van der Waals surface area contributed by atoms with Crippen LogP contribution >= 0.6 is 7.82 Å². The van der Waals surface area contributed by atoms with Crippen LogP contribution in [0.5, 0.6) is 0 Å². The van der Waals surface area contributed by atoms with Crippen LogP contribution in [0.4, 0.5) is 0 Å². The predicted molar refractivity (Wildman–Crippen MR) is 161 cm³/mol. The number of benzene rings is 1. The van der Waals surface area contributed by atoms with Gasteiger partial charge < -0.3 is 18.9 Å². The van der Waals surface area contributed by atoms with Gasteiger partial charge in [0.25, 0.3) is 0 Å². The van der Waals surface area contributed by atoms with Crippen LogP contribution in [-0.2, 0) is 29.7 Å². The summed E-state index contributed by atoms with van der Waals surface area (Å²) in [4.78, 5) is 10.1. The van der Waals surface area contributed by atoms with Gasteiger partial charge in [0.2, 0.25) is 0 Å². The molecule has 1 unspecified atom stereocenters. The van der Waals surface area contributed by atoms with Crippen LogP contribution in [0.25, 0.3) is 0 Å². The van der Waals surface area contributed by atoms with Crippen LogP contribution in [0.15, 0.2) is 30.3 Å². The molecule has 0 saturated carbocycles. The second kappa shape index (κ2) is 22.8. The van der Waals surface area contributed by atoms with Crippen molar-refractivity contribution in [3.8, 4) is 0 Å². The fourth-order valence-electron chi connectivity index (χ4n) is 4.22. The highest BCUT2D eigenvalue weighted by Crippen LogP contribution is 2.43. The Balaban J connectivity index is 2.22. The highest BCUT2D eigenvalue weighted by molar-refractivity contribution is 7.47. The summed E-state index contributed by atoms with van der Waals surface area (Å²) in [5.41, 5.74) is 1.07. The van der Waals surface area contributed by atoms with Crippen LogP contribution < -0.4 is 0 Å². The van der Waals surface area contributed by atoms with Crippen LogP contribution in [0.1, 0.15) is 102 Å². The zero-order valence-corrected chi connectivity index (χ0v) is 26.4. The van der Waals surface area contributed by atoms with Crippen LogP contribution in [0.2, 0.25) is 0 Å². The van der Waals surface area contributed by atoms with Crippen molar-refractivity contribution in [1.82, 2.24) is 0 Å². The van der Waals surface area contributed by atoms with Crippen molar-refractivity contribution in [2.45, 2.75) is 110 Å². The highest BCUT2D eigenvalue weighted by Gasteiger charge is 2.25. The number of quaternary nitrogens is 1. The first-order valence-corrected chi connectivity index (χ1v) is 16.9. The summed E-state index contributed by atoms with van der Waals surface area (Å²) < 4.78 is 35.2. The minimum atomic E-state index is -4.14. The number of ether oxygens (including phenoxy) is 2. The van der Waals surface area contributed by atoms with Crippen molar-refractivity contribution >= 4 is 7.82 Å². The first-order chi connectivity index (χ1) is 18.7. The second-order valence-electron chi connectivity index (χ2n) is 11.7. The maximum absolute atomic E-state index is 12.3. The molecule has 1 aromatic rings. The summed E-state index contributed by atoms with van der Waals surface area (Å²) in [6.07, 6.45) is 17.9. The Bertz CT molecular complexity index is 728. The number of rotatable bonds is 27. The van der Waals surface area contributed by atoms with Gasteiger partial charge in [-0.2, -0.15) is 0 Å². The van der Waals surface area contributed by atoms with Gasteiger partial charge in [-0.1, -0.05) is 121 Å². The molecule has 1 rings (SSSR count). The zero-order valence-electron chi connectivity index (χ0n) is 25.5. The summed E-state index contributed by atoms with van der Waals surface area (Å²) >= 11 is 0. The molecule has 0 aliphatic heterocycles. The Hall–Kier alpha value is -0.790. The molecule has 2 atom stereocenters. The monoisotopic (exact) mass is 572 g/mol. The van der Waals surface area contributed by atoms with Crippen molar-refractivity contribution in [3.63, 3.8) is 0 Å².